The molecule has 0 saturated carbocycles. The van der Waals surface area contributed by atoms with Crippen molar-refractivity contribution in [2.24, 2.45) is 0 Å². The molecule has 0 amide bonds. The topological polar surface area (TPSA) is 14.2 Å². The molecule has 3 heteroatoms. The molecule has 1 aromatic carbocycles. The van der Waals surface area contributed by atoms with Crippen LogP contribution in [0.25, 0.3) is 10.9 Å². The summed E-state index contributed by atoms with van der Waals surface area (Å²) in [6, 6.07) is 6.95. The molecule has 1 heterocycles. The van der Waals surface area contributed by atoms with Crippen LogP contribution in [0.5, 0.6) is 0 Å². The molecular formula is C14H18FNO. The second kappa shape index (κ2) is 4.49. The summed E-state index contributed by atoms with van der Waals surface area (Å²) in [6.45, 7) is 7.45. The second-order valence-corrected chi connectivity index (χ2v) is 5.14. The maximum absolute atomic E-state index is 13.5. The van der Waals surface area contributed by atoms with Gasteiger partial charge in [-0.3, -0.25) is 0 Å². The monoisotopic (exact) mass is 235 g/mol. The van der Waals surface area contributed by atoms with Crippen LogP contribution < -0.4 is 0 Å². The fourth-order valence-corrected chi connectivity index (χ4v) is 1.83. The van der Waals surface area contributed by atoms with Gasteiger partial charge in [0, 0.05) is 18.1 Å². The van der Waals surface area contributed by atoms with Gasteiger partial charge >= 0.3 is 0 Å². The average Bonchev–Trinajstić information content (AvgIpc) is 2.61. The second-order valence-electron chi connectivity index (χ2n) is 5.14. The number of aromatic nitrogens is 1. The molecule has 0 aliphatic carbocycles. The lowest BCUT2D eigenvalue weighted by atomic mass is 10.2. The third-order valence-electron chi connectivity index (χ3n) is 2.63. The van der Waals surface area contributed by atoms with Crippen LogP contribution in [0.1, 0.15) is 20.8 Å². The molecule has 92 valence electrons. The smallest absolute Gasteiger partial charge is 0.132 e. The van der Waals surface area contributed by atoms with Gasteiger partial charge in [0.1, 0.15) is 5.82 Å². The van der Waals surface area contributed by atoms with E-state index in [1.54, 1.807) is 6.07 Å². The van der Waals surface area contributed by atoms with E-state index in [4.69, 9.17) is 4.74 Å². The Morgan fingerprint density at radius 1 is 1.24 bits per heavy atom. The molecule has 0 bridgehead atoms. The summed E-state index contributed by atoms with van der Waals surface area (Å²) in [5.74, 6) is -0.169. The fourth-order valence-electron chi connectivity index (χ4n) is 1.83. The van der Waals surface area contributed by atoms with Crippen LogP contribution >= 0.6 is 0 Å². The maximum Gasteiger partial charge on any atom is 0.132 e. The zero-order chi connectivity index (χ0) is 12.5. The fraction of sp³-hybridized carbons (Fsp3) is 0.429. The Balaban J connectivity index is 2.12. The quantitative estimate of drug-likeness (QED) is 0.793. The Bertz CT molecular complexity index is 510. The third kappa shape index (κ3) is 2.86. The van der Waals surface area contributed by atoms with Gasteiger partial charge in [0.25, 0.3) is 0 Å². The molecular weight excluding hydrogens is 217 g/mol. The number of nitrogens with zero attached hydrogens (tertiary/aromatic N) is 1. The summed E-state index contributed by atoms with van der Waals surface area (Å²) >= 11 is 0. The number of benzene rings is 1. The summed E-state index contributed by atoms with van der Waals surface area (Å²) in [6.07, 6.45) is 1.90. The van der Waals surface area contributed by atoms with Gasteiger partial charge in [-0.2, -0.15) is 0 Å². The molecule has 0 unspecified atom stereocenters. The lowest BCUT2D eigenvalue weighted by molar-refractivity contribution is -0.00644. The summed E-state index contributed by atoms with van der Waals surface area (Å²) < 4.78 is 21.2. The zero-order valence-corrected chi connectivity index (χ0v) is 10.5. The van der Waals surface area contributed by atoms with E-state index in [1.807, 2.05) is 43.7 Å². The van der Waals surface area contributed by atoms with Crippen LogP contribution in [-0.2, 0) is 11.3 Å². The normalized spacial score (nSPS) is 12.2. The van der Waals surface area contributed by atoms with E-state index in [2.05, 4.69) is 0 Å². The van der Waals surface area contributed by atoms with Crippen molar-refractivity contribution in [3.8, 4) is 0 Å². The number of fused-ring (bicyclic) bond motifs is 1. The lowest BCUT2D eigenvalue weighted by Gasteiger charge is -2.19. The highest BCUT2D eigenvalue weighted by Crippen LogP contribution is 2.19. The van der Waals surface area contributed by atoms with E-state index in [9.17, 15) is 4.39 Å². The molecule has 1 aromatic heterocycles. The minimum atomic E-state index is -0.169. The largest absolute Gasteiger partial charge is 0.374 e. The number of hydrogen-bond acceptors (Lipinski definition) is 1. The van der Waals surface area contributed by atoms with Crippen molar-refractivity contribution in [2.45, 2.75) is 32.9 Å². The van der Waals surface area contributed by atoms with Gasteiger partial charge in [-0.25, -0.2) is 4.39 Å². The van der Waals surface area contributed by atoms with Crippen LogP contribution in [0.15, 0.2) is 30.5 Å². The van der Waals surface area contributed by atoms with Crippen molar-refractivity contribution in [2.75, 3.05) is 6.61 Å². The Hall–Kier alpha value is -1.35. The standard InChI is InChI=1S/C14H18FNO/c1-14(2,3)17-10-9-16-8-7-11-12(15)5-4-6-13(11)16/h4-8H,9-10H2,1-3H3. The van der Waals surface area contributed by atoms with Crippen LogP contribution in [0.4, 0.5) is 4.39 Å². The van der Waals surface area contributed by atoms with E-state index in [0.717, 1.165) is 12.1 Å². The molecule has 0 atom stereocenters. The SMILES string of the molecule is CC(C)(C)OCCn1ccc2c(F)cccc21. The van der Waals surface area contributed by atoms with E-state index in [1.165, 1.54) is 6.07 Å². The highest BCUT2D eigenvalue weighted by atomic mass is 19.1. The molecule has 0 fully saturated rings. The van der Waals surface area contributed by atoms with Crippen LogP contribution in [0, 0.1) is 5.82 Å². The first-order chi connectivity index (χ1) is 7.97. The first-order valence-corrected chi connectivity index (χ1v) is 5.85. The van der Waals surface area contributed by atoms with Crippen molar-refractivity contribution in [1.29, 1.82) is 0 Å². The van der Waals surface area contributed by atoms with Crippen LogP contribution in [0.2, 0.25) is 0 Å². The molecule has 0 aliphatic rings. The highest BCUT2D eigenvalue weighted by Gasteiger charge is 2.10. The number of halogens is 1. The van der Waals surface area contributed by atoms with Crippen molar-refractivity contribution in [3.05, 3.63) is 36.3 Å². The van der Waals surface area contributed by atoms with Gasteiger partial charge in [0.2, 0.25) is 0 Å². The summed E-state index contributed by atoms with van der Waals surface area (Å²) in [4.78, 5) is 0. The van der Waals surface area contributed by atoms with E-state index < -0.39 is 0 Å². The van der Waals surface area contributed by atoms with Crippen LogP contribution in [0.3, 0.4) is 0 Å². The molecule has 0 N–H and O–H groups in total. The average molecular weight is 235 g/mol. The Morgan fingerprint density at radius 2 is 2.00 bits per heavy atom. The molecule has 2 nitrogen and oxygen atoms in total. The van der Waals surface area contributed by atoms with Gasteiger partial charge in [-0.15, -0.1) is 0 Å². The maximum atomic E-state index is 13.5. The molecule has 0 aliphatic heterocycles. The van der Waals surface area contributed by atoms with Crippen molar-refractivity contribution in [3.63, 3.8) is 0 Å². The number of ether oxygens (including phenoxy) is 1. The molecule has 0 spiro atoms. The van der Waals surface area contributed by atoms with Crippen molar-refractivity contribution >= 4 is 10.9 Å². The zero-order valence-electron chi connectivity index (χ0n) is 10.5. The first kappa shape index (κ1) is 12.1. The highest BCUT2D eigenvalue weighted by molar-refractivity contribution is 5.80. The van der Waals surface area contributed by atoms with Crippen molar-refractivity contribution < 1.29 is 9.13 Å². The molecule has 17 heavy (non-hydrogen) atoms. The van der Waals surface area contributed by atoms with Gasteiger partial charge in [-0.05, 0) is 39.0 Å². The van der Waals surface area contributed by atoms with Crippen LogP contribution in [-0.4, -0.2) is 16.8 Å². The predicted octanol–water partition coefficient (Wildman–Crippen LogP) is 3.60. The summed E-state index contributed by atoms with van der Waals surface area (Å²) in [5, 5.41) is 0.670. The Labute approximate surface area is 101 Å². The minimum absolute atomic E-state index is 0.131. The summed E-state index contributed by atoms with van der Waals surface area (Å²) in [5.41, 5.74) is 0.788. The number of hydrogen-bond donors (Lipinski definition) is 0. The van der Waals surface area contributed by atoms with E-state index >= 15 is 0 Å². The van der Waals surface area contributed by atoms with E-state index in [-0.39, 0.29) is 11.4 Å². The third-order valence-corrected chi connectivity index (χ3v) is 2.63. The molecule has 2 rings (SSSR count). The first-order valence-electron chi connectivity index (χ1n) is 5.85. The van der Waals surface area contributed by atoms with Gasteiger partial charge in [0.15, 0.2) is 0 Å². The minimum Gasteiger partial charge on any atom is -0.374 e. The Kier molecular flexibility index (Phi) is 3.20. The van der Waals surface area contributed by atoms with Gasteiger partial charge in [-0.1, -0.05) is 6.07 Å². The predicted molar refractivity (Wildman–Crippen MR) is 67.6 cm³/mol. The number of rotatable bonds is 3. The molecule has 0 radical (unpaired) electrons. The van der Waals surface area contributed by atoms with Crippen molar-refractivity contribution in [1.82, 2.24) is 4.57 Å². The van der Waals surface area contributed by atoms with Gasteiger partial charge in [0.05, 0.1) is 17.7 Å². The lowest BCUT2D eigenvalue weighted by Crippen LogP contribution is -2.21. The Morgan fingerprint density at radius 3 is 2.71 bits per heavy atom. The molecule has 0 saturated heterocycles. The van der Waals surface area contributed by atoms with E-state index in [0.29, 0.717) is 12.0 Å². The molecule has 2 aromatic rings. The summed E-state index contributed by atoms with van der Waals surface area (Å²) in [7, 11) is 0. The van der Waals surface area contributed by atoms with Gasteiger partial charge < -0.3 is 9.30 Å².